The Hall–Kier alpha value is -5.46. The average molecular weight is 609 g/mol. The van der Waals surface area contributed by atoms with E-state index in [-0.39, 0.29) is 0 Å². The Morgan fingerprint density at radius 1 is 0.822 bits per heavy atom. The van der Waals surface area contributed by atoms with Gasteiger partial charge in [0.25, 0.3) is 5.91 Å². The number of aliphatic carboxylic acids is 1. The molecule has 12 nitrogen and oxygen atoms in total. The van der Waals surface area contributed by atoms with Crippen molar-refractivity contribution in [2.75, 3.05) is 6.54 Å². The predicted molar refractivity (Wildman–Crippen MR) is 170 cm³/mol. The number of aromatic amines is 1. The van der Waals surface area contributed by atoms with Crippen LogP contribution >= 0.6 is 0 Å². The number of carboxylic acid groups (broad SMARTS) is 1. The number of nitrogens with zero attached hydrogens (tertiary/aromatic N) is 3. The number of carboxylic acids is 1. The summed E-state index contributed by atoms with van der Waals surface area (Å²) in [6, 6.07) is 22.8. The van der Waals surface area contributed by atoms with E-state index in [1.807, 2.05) is 48.5 Å². The second-order valence-electron chi connectivity index (χ2n) is 10.2. The number of carbonyl (C=O) groups excluding carboxylic acids is 2. The van der Waals surface area contributed by atoms with Gasteiger partial charge in [0.1, 0.15) is 6.04 Å². The third-order valence-electron chi connectivity index (χ3n) is 6.78. The molecule has 7 N–H and O–H groups in total. The van der Waals surface area contributed by atoms with Crippen LogP contribution < -0.4 is 21.7 Å². The van der Waals surface area contributed by atoms with E-state index < -0.39 is 23.8 Å². The second kappa shape index (κ2) is 17.0. The molecule has 0 fully saturated rings. The summed E-state index contributed by atoms with van der Waals surface area (Å²) in [5.74, 6) is -1.85. The number of primary amides is 1. The zero-order valence-electron chi connectivity index (χ0n) is 24.6. The molecule has 0 saturated heterocycles. The zero-order chi connectivity index (χ0) is 31.9. The first-order valence-corrected chi connectivity index (χ1v) is 14.5. The normalized spacial score (nSPS) is 11.3. The number of rotatable bonds is 14. The number of benzene rings is 2. The topological polar surface area (TPSA) is 188 Å². The molecule has 12 heteroatoms. The van der Waals surface area contributed by atoms with Gasteiger partial charge in [-0.3, -0.25) is 24.7 Å². The van der Waals surface area contributed by atoms with Crippen LogP contribution in [-0.4, -0.2) is 55.6 Å². The molecule has 0 spiro atoms. The number of nitrogens with two attached hydrogens (primary N) is 1. The van der Waals surface area contributed by atoms with Crippen LogP contribution in [0, 0.1) is 0 Å². The number of nitrogens with one attached hydrogen (secondary N) is 4. The molecule has 3 heterocycles. The summed E-state index contributed by atoms with van der Waals surface area (Å²) in [5.41, 5.74) is 9.85. The molecule has 2 amide bonds. The lowest BCUT2D eigenvalue weighted by Gasteiger charge is -2.15. The molecule has 0 saturated carbocycles. The molecule has 0 bridgehead atoms. The molecular weight excluding hydrogens is 572 g/mol. The van der Waals surface area contributed by atoms with Crippen LogP contribution in [0.5, 0.6) is 0 Å². The lowest BCUT2D eigenvalue weighted by Crippen LogP contribution is -2.41. The molecule has 2 aromatic carbocycles. The maximum atomic E-state index is 12.5. The van der Waals surface area contributed by atoms with Crippen molar-refractivity contribution in [1.82, 2.24) is 36.1 Å². The van der Waals surface area contributed by atoms with Crippen molar-refractivity contribution < 1.29 is 19.5 Å². The van der Waals surface area contributed by atoms with Crippen LogP contribution in [0.3, 0.4) is 0 Å². The first-order valence-electron chi connectivity index (χ1n) is 14.5. The van der Waals surface area contributed by atoms with E-state index in [4.69, 9.17) is 5.73 Å². The molecule has 0 aliphatic heterocycles. The fraction of sp³-hybridized carbons (Fsp3) is 0.212. The first kappa shape index (κ1) is 32.5. The van der Waals surface area contributed by atoms with Crippen molar-refractivity contribution >= 4 is 28.7 Å². The highest BCUT2D eigenvalue weighted by atomic mass is 16.4. The fourth-order valence-electron chi connectivity index (χ4n) is 4.36. The van der Waals surface area contributed by atoms with Gasteiger partial charge >= 0.3 is 5.97 Å². The van der Waals surface area contributed by atoms with Crippen molar-refractivity contribution in [3.05, 3.63) is 126 Å². The number of fused-ring (bicyclic) bond motifs is 1. The van der Waals surface area contributed by atoms with Gasteiger partial charge in [-0.25, -0.2) is 4.79 Å². The largest absolute Gasteiger partial charge is 0.480 e. The van der Waals surface area contributed by atoms with Gasteiger partial charge in [0.05, 0.1) is 23.1 Å². The van der Waals surface area contributed by atoms with Crippen LogP contribution in [0.1, 0.15) is 50.5 Å². The monoisotopic (exact) mass is 608 g/mol. The van der Waals surface area contributed by atoms with Crippen molar-refractivity contribution in [3.63, 3.8) is 0 Å². The van der Waals surface area contributed by atoms with Gasteiger partial charge in [-0.2, -0.15) is 5.10 Å². The number of H-pyrrole nitrogens is 1. The smallest absolute Gasteiger partial charge is 0.326 e. The summed E-state index contributed by atoms with van der Waals surface area (Å²) in [4.78, 5) is 43.4. The van der Waals surface area contributed by atoms with Crippen molar-refractivity contribution in [3.8, 4) is 0 Å². The maximum Gasteiger partial charge on any atom is 0.326 e. The minimum atomic E-state index is -1.04. The van der Waals surface area contributed by atoms with Gasteiger partial charge in [0.2, 0.25) is 5.91 Å². The van der Waals surface area contributed by atoms with E-state index >= 15 is 0 Å². The Kier molecular flexibility index (Phi) is 12.3. The zero-order valence-corrected chi connectivity index (χ0v) is 24.6. The Morgan fingerprint density at radius 2 is 1.49 bits per heavy atom. The summed E-state index contributed by atoms with van der Waals surface area (Å²) in [5, 5.41) is 26.1. The van der Waals surface area contributed by atoms with Gasteiger partial charge in [-0.15, -0.1) is 0 Å². The summed E-state index contributed by atoms with van der Waals surface area (Å²) >= 11 is 0. The van der Waals surface area contributed by atoms with Crippen LogP contribution in [0.15, 0.2) is 97.5 Å². The number of pyridine rings is 2. The second-order valence-corrected chi connectivity index (χ2v) is 10.2. The van der Waals surface area contributed by atoms with Crippen LogP contribution in [0.4, 0.5) is 0 Å². The highest BCUT2D eigenvalue weighted by Crippen LogP contribution is 2.12. The molecule has 0 radical (unpaired) electrons. The minimum absolute atomic E-state index is 0.339. The molecule has 5 aromatic rings. The molecule has 5 rings (SSSR count). The van der Waals surface area contributed by atoms with E-state index in [1.165, 1.54) is 0 Å². The average Bonchev–Trinajstić information content (AvgIpc) is 3.54. The van der Waals surface area contributed by atoms with Crippen LogP contribution in [-0.2, 0) is 24.4 Å². The van der Waals surface area contributed by atoms with Crippen LogP contribution in [0.2, 0.25) is 0 Å². The number of amides is 2. The Morgan fingerprint density at radius 3 is 2.11 bits per heavy atom. The van der Waals surface area contributed by atoms with Gasteiger partial charge < -0.3 is 26.8 Å². The summed E-state index contributed by atoms with van der Waals surface area (Å²) in [6.07, 6.45) is 6.10. The summed E-state index contributed by atoms with van der Waals surface area (Å²) < 4.78 is 0. The van der Waals surface area contributed by atoms with Gasteiger partial charge in [0, 0.05) is 48.5 Å². The molecule has 0 aliphatic rings. The molecule has 3 aromatic heterocycles. The third-order valence-corrected chi connectivity index (χ3v) is 6.78. The highest BCUT2D eigenvalue weighted by molar-refractivity contribution is 5.97. The van der Waals surface area contributed by atoms with E-state index in [2.05, 4.69) is 36.1 Å². The number of carbonyl (C=O) groups is 3. The Labute approximate surface area is 260 Å². The lowest BCUT2D eigenvalue weighted by atomic mass is 10.1. The molecular formula is C33H36N8O4. The lowest BCUT2D eigenvalue weighted by molar-refractivity contribution is -0.139. The molecule has 45 heavy (non-hydrogen) atoms. The molecule has 232 valence electrons. The molecule has 0 aliphatic carbocycles. The first-order chi connectivity index (χ1) is 21.9. The minimum Gasteiger partial charge on any atom is -0.480 e. The van der Waals surface area contributed by atoms with Gasteiger partial charge in [-0.1, -0.05) is 24.3 Å². The quantitative estimate of drug-likeness (QED) is 0.103. The maximum absolute atomic E-state index is 12.5. The Balaban J connectivity index is 0.000000318. The van der Waals surface area contributed by atoms with Crippen molar-refractivity contribution in [2.45, 2.75) is 38.5 Å². The van der Waals surface area contributed by atoms with E-state index in [0.29, 0.717) is 50.1 Å². The Bertz CT molecular complexity index is 1660. The highest BCUT2D eigenvalue weighted by Gasteiger charge is 2.20. The number of hydrogen-bond donors (Lipinski definition) is 6. The van der Waals surface area contributed by atoms with Crippen molar-refractivity contribution in [1.29, 1.82) is 0 Å². The molecule has 0 unspecified atom stereocenters. The molecule has 1 atom stereocenters. The number of aromatic nitrogens is 4. The van der Waals surface area contributed by atoms with Gasteiger partial charge in [-0.05, 0) is 79.5 Å². The van der Waals surface area contributed by atoms with Gasteiger partial charge in [0.15, 0.2) is 0 Å². The van der Waals surface area contributed by atoms with E-state index in [0.717, 1.165) is 27.9 Å². The standard InChI is InChI=1S/C25H29N5O3.C8H7N3O/c31-24(20-11-9-19(10-12-20)16-27-18-22-7-2-4-15-29-22)30-23(25(32)33)8-5-13-26-17-21-6-1-3-14-28-21;9-8(12)5-1-2-7-6(3-5)4-10-11-7/h1-4,6-7,9-12,14-15,23,26-27H,5,8,13,16-18H2,(H,30,31)(H,32,33);1-4H,(H2,9,12)(H,10,11)/t23-;/m0./s1. The summed E-state index contributed by atoms with van der Waals surface area (Å²) in [7, 11) is 0. The third kappa shape index (κ3) is 10.6. The fourth-order valence-corrected chi connectivity index (χ4v) is 4.36. The predicted octanol–water partition coefficient (Wildman–Crippen LogP) is 3.18. The van der Waals surface area contributed by atoms with Crippen LogP contribution in [0.25, 0.3) is 10.9 Å². The van der Waals surface area contributed by atoms with E-state index in [1.54, 1.807) is 48.9 Å². The summed E-state index contributed by atoms with van der Waals surface area (Å²) in [6.45, 7) is 2.55. The number of hydrogen-bond acceptors (Lipinski definition) is 8. The van der Waals surface area contributed by atoms with Crippen molar-refractivity contribution in [2.24, 2.45) is 5.73 Å². The SMILES string of the molecule is NC(=O)c1ccc2[nH]ncc2c1.O=C(N[C@@H](CCCNCc1ccccn1)C(=O)O)c1ccc(CNCc2ccccn2)cc1. The van der Waals surface area contributed by atoms with E-state index in [9.17, 15) is 19.5 Å².